The van der Waals surface area contributed by atoms with E-state index < -0.39 is 0 Å². The summed E-state index contributed by atoms with van der Waals surface area (Å²) >= 11 is 1.85. The summed E-state index contributed by atoms with van der Waals surface area (Å²) in [6, 6.07) is 5.93. The van der Waals surface area contributed by atoms with Crippen molar-refractivity contribution in [2.45, 2.75) is 38.5 Å². The van der Waals surface area contributed by atoms with Crippen LogP contribution in [0.25, 0.3) is 0 Å². The summed E-state index contributed by atoms with van der Waals surface area (Å²) in [6.07, 6.45) is 8.46. The molecule has 23 heavy (non-hydrogen) atoms. The first-order valence-corrected chi connectivity index (χ1v) is 9.04. The largest absolute Gasteiger partial charge is 0.370 e. The molecule has 1 aliphatic rings. The van der Waals surface area contributed by atoms with Crippen molar-refractivity contribution in [2.24, 2.45) is 10.7 Å². The number of fused-ring (bicyclic) bond motifs is 1. The minimum atomic E-state index is 0.502. The van der Waals surface area contributed by atoms with Gasteiger partial charge < -0.3 is 11.1 Å². The number of hydrogen-bond donors (Lipinski definition) is 2. The second kappa shape index (κ2) is 8.06. The van der Waals surface area contributed by atoms with Crippen LogP contribution in [0.15, 0.2) is 29.4 Å². The zero-order chi connectivity index (χ0) is 15.9. The van der Waals surface area contributed by atoms with E-state index in [1.165, 1.54) is 34.8 Å². The van der Waals surface area contributed by atoms with Crippen molar-refractivity contribution >= 4 is 17.3 Å². The van der Waals surface area contributed by atoms with Gasteiger partial charge in [0, 0.05) is 42.7 Å². The molecule has 0 radical (unpaired) electrons. The number of rotatable bonds is 6. The number of aliphatic imine (C=N–C) groups is 1. The molecule has 0 aromatic carbocycles. The summed E-state index contributed by atoms with van der Waals surface area (Å²) in [4.78, 5) is 14.9. The lowest BCUT2D eigenvalue weighted by molar-refractivity contribution is 0.680. The van der Waals surface area contributed by atoms with E-state index in [-0.39, 0.29) is 0 Å². The van der Waals surface area contributed by atoms with Gasteiger partial charge in [0.1, 0.15) is 0 Å². The van der Waals surface area contributed by atoms with E-state index >= 15 is 0 Å². The van der Waals surface area contributed by atoms with Gasteiger partial charge in [0.15, 0.2) is 5.96 Å². The molecule has 2 heterocycles. The Hall–Kier alpha value is -1.95. The van der Waals surface area contributed by atoms with Gasteiger partial charge >= 0.3 is 0 Å². The molecule has 1 aliphatic carbocycles. The van der Waals surface area contributed by atoms with Gasteiger partial charge in [-0.25, -0.2) is 4.98 Å². The fourth-order valence-electron chi connectivity index (χ4n) is 2.70. The van der Waals surface area contributed by atoms with Gasteiger partial charge in [-0.15, -0.1) is 11.3 Å². The van der Waals surface area contributed by atoms with E-state index in [1.54, 1.807) is 6.20 Å². The number of guanidine groups is 1. The highest BCUT2D eigenvalue weighted by Gasteiger charge is 2.14. The Bertz CT molecular complexity index is 627. The molecule has 0 aliphatic heterocycles. The molecule has 0 amide bonds. The maximum atomic E-state index is 5.90. The van der Waals surface area contributed by atoms with Gasteiger partial charge in [-0.2, -0.15) is 0 Å². The first-order valence-electron chi connectivity index (χ1n) is 8.22. The van der Waals surface area contributed by atoms with E-state index in [4.69, 9.17) is 10.7 Å². The summed E-state index contributed by atoms with van der Waals surface area (Å²) < 4.78 is 0. The molecule has 0 spiro atoms. The van der Waals surface area contributed by atoms with Gasteiger partial charge in [-0.05, 0) is 37.8 Å². The number of pyridine rings is 1. The van der Waals surface area contributed by atoms with Crippen LogP contribution in [0.5, 0.6) is 0 Å². The van der Waals surface area contributed by atoms with Gasteiger partial charge in [0.2, 0.25) is 0 Å². The lowest BCUT2D eigenvalue weighted by Crippen LogP contribution is -2.33. The van der Waals surface area contributed by atoms with Crippen LogP contribution in [0, 0.1) is 0 Å². The number of thiazole rings is 1. The average Bonchev–Trinajstić information content (AvgIpc) is 2.98. The predicted molar refractivity (Wildman–Crippen MR) is 94.9 cm³/mol. The van der Waals surface area contributed by atoms with Crippen LogP contribution in [-0.2, 0) is 25.7 Å². The first-order chi connectivity index (χ1) is 11.3. The second-order valence-electron chi connectivity index (χ2n) is 5.70. The molecular formula is C17H23N5S. The predicted octanol–water partition coefficient (Wildman–Crippen LogP) is 2.11. The first kappa shape index (κ1) is 15.9. The summed E-state index contributed by atoms with van der Waals surface area (Å²) in [5.41, 5.74) is 8.28. The number of aromatic nitrogens is 2. The summed E-state index contributed by atoms with van der Waals surface area (Å²) in [5.74, 6) is 0.502. The fraction of sp³-hybridized carbons (Fsp3) is 0.471. The Kier molecular flexibility index (Phi) is 5.58. The van der Waals surface area contributed by atoms with E-state index in [1.807, 2.05) is 29.5 Å². The van der Waals surface area contributed by atoms with Crippen LogP contribution >= 0.6 is 11.3 Å². The van der Waals surface area contributed by atoms with Gasteiger partial charge in [-0.1, -0.05) is 6.07 Å². The Balaban J connectivity index is 1.40. The average molecular weight is 329 g/mol. The molecule has 122 valence electrons. The van der Waals surface area contributed by atoms with E-state index in [0.717, 1.165) is 31.5 Å². The highest BCUT2D eigenvalue weighted by atomic mass is 32.1. The molecular weight excluding hydrogens is 306 g/mol. The van der Waals surface area contributed by atoms with Gasteiger partial charge in [-0.3, -0.25) is 9.98 Å². The van der Waals surface area contributed by atoms with Crippen molar-refractivity contribution in [1.82, 2.24) is 15.3 Å². The third kappa shape index (κ3) is 4.76. The number of nitrogens with one attached hydrogen (secondary N) is 1. The summed E-state index contributed by atoms with van der Waals surface area (Å²) in [7, 11) is 0. The molecule has 3 rings (SSSR count). The molecule has 0 saturated carbocycles. The number of aryl methyl sites for hydroxylation is 2. The quantitative estimate of drug-likeness (QED) is 0.628. The molecule has 5 nitrogen and oxygen atoms in total. The van der Waals surface area contributed by atoms with Crippen LogP contribution in [0.2, 0.25) is 0 Å². The normalized spacial score (nSPS) is 14.5. The molecule has 0 unspecified atom stereocenters. The molecule has 2 aromatic heterocycles. The van der Waals surface area contributed by atoms with Crippen LogP contribution in [0.1, 0.15) is 34.1 Å². The number of nitrogens with zero attached hydrogens (tertiary/aromatic N) is 3. The van der Waals surface area contributed by atoms with Crippen LogP contribution in [-0.4, -0.2) is 29.0 Å². The van der Waals surface area contributed by atoms with Crippen LogP contribution in [0.3, 0.4) is 0 Å². The SMILES string of the molecule is NC(=NCCc1nc2c(s1)CCCC2)NCCc1ccccn1. The Labute approximate surface area is 141 Å². The Morgan fingerprint density at radius 2 is 2.17 bits per heavy atom. The zero-order valence-corrected chi connectivity index (χ0v) is 14.1. The second-order valence-corrected chi connectivity index (χ2v) is 6.87. The van der Waals surface area contributed by atoms with Crippen LogP contribution < -0.4 is 11.1 Å². The molecule has 0 atom stereocenters. The fourth-order valence-corrected chi connectivity index (χ4v) is 3.85. The monoisotopic (exact) mass is 329 g/mol. The van der Waals surface area contributed by atoms with Gasteiger partial charge in [0.25, 0.3) is 0 Å². The minimum Gasteiger partial charge on any atom is -0.370 e. The maximum absolute atomic E-state index is 5.90. The lowest BCUT2D eigenvalue weighted by atomic mass is 10.0. The van der Waals surface area contributed by atoms with Crippen molar-refractivity contribution in [3.05, 3.63) is 45.7 Å². The standard InChI is InChI=1S/C17H23N5S/c18-17(20-11-8-13-5-3-4-10-19-13)21-12-9-16-22-14-6-1-2-7-15(14)23-16/h3-5,10H,1-2,6-9,11-12H2,(H3,18,20,21). The van der Waals surface area contributed by atoms with E-state index in [9.17, 15) is 0 Å². The summed E-state index contributed by atoms with van der Waals surface area (Å²) in [5, 5.41) is 4.33. The topological polar surface area (TPSA) is 76.2 Å². The Morgan fingerprint density at radius 3 is 3.00 bits per heavy atom. The van der Waals surface area contributed by atoms with Crippen molar-refractivity contribution < 1.29 is 0 Å². The van der Waals surface area contributed by atoms with Crippen molar-refractivity contribution in [1.29, 1.82) is 0 Å². The van der Waals surface area contributed by atoms with Crippen LogP contribution in [0.4, 0.5) is 0 Å². The van der Waals surface area contributed by atoms with Gasteiger partial charge in [0.05, 0.1) is 10.7 Å². The highest BCUT2D eigenvalue weighted by molar-refractivity contribution is 7.11. The minimum absolute atomic E-state index is 0.502. The molecule has 0 saturated heterocycles. The molecule has 3 N–H and O–H groups in total. The number of nitrogens with two attached hydrogens (primary N) is 1. The maximum Gasteiger partial charge on any atom is 0.188 e. The van der Waals surface area contributed by atoms with Crippen molar-refractivity contribution in [2.75, 3.05) is 13.1 Å². The van der Waals surface area contributed by atoms with Crippen molar-refractivity contribution in [3.63, 3.8) is 0 Å². The van der Waals surface area contributed by atoms with E-state index in [0.29, 0.717) is 12.5 Å². The molecule has 6 heteroatoms. The van der Waals surface area contributed by atoms with Crippen molar-refractivity contribution in [3.8, 4) is 0 Å². The number of hydrogen-bond acceptors (Lipinski definition) is 4. The molecule has 0 fully saturated rings. The zero-order valence-electron chi connectivity index (χ0n) is 13.3. The molecule has 2 aromatic rings. The third-order valence-corrected chi connectivity index (χ3v) is 5.13. The molecule has 0 bridgehead atoms. The summed E-state index contributed by atoms with van der Waals surface area (Å²) in [6.45, 7) is 1.44. The highest BCUT2D eigenvalue weighted by Crippen LogP contribution is 2.26. The lowest BCUT2D eigenvalue weighted by Gasteiger charge is -2.06. The third-order valence-electron chi connectivity index (χ3n) is 3.91. The van der Waals surface area contributed by atoms with E-state index in [2.05, 4.69) is 15.3 Å². The smallest absolute Gasteiger partial charge is 0.188 e. The Morgan fingerprint density at radius 1 is 1.26 bits per heavy atom.